The lowest BCUT2D eigenvalue weighted by atomic mass is 9.97. The predicted octanol–water partition coefficient (Wildman–Crippen LogP) is 4.56. The summed E-state index contributed by atoms with van der Waals surface area (Å²) in [5.41, 5.74) is 5.54. The summed E-state index contributed by atoms with van der Waals surface area (Å²) < 4.78 is 4.06. The Morgan fingerprint density at radius 1 is 1.14 bits per heavy atom. The molecule has 0 aliphatic heterocycles. The summed E-state index contributed by atoms with van der Waals surface area (Å²) >= 11 is 1.83. The van der Waals surface area contributed by atoms with E-state index in [4.69, 9.17) is 10.1 Å². The van der Waals surface area contributed by atoms with Crippen molar-refractivity contribution >= 4 is 38.2 Å². The van der Waals surface area contributed by atoms with Crippen LogP contribution >= 0.6 is 11.3 Å². The lowest BCUT2D eigenvalue weighted by Gasteiger charge is -2.09. The molecule has 0 fully saturated rings. The highest BCUT2D eigenvalue weighted by Crippen LogP contribution is 2.37. The summed E-state index contributed by atoms with van der Waals surface area (Å²) in [7, 11) is 0. The number of nitrogens with zero attached hydrogens (tertiary/aromatic N) is 6. The Labute approximate surface area is 165 Å². The van der Waals surface area contributed by atoms with Crippen molar-refractivity contribution in [3.05, 3.63) is 40.8 Å². The summed E-state index contributed by atoms with van der Waals surface area (Å²) in [5, 5.41) is 5.95. The average Bonchev–Trinajstić information content (AvgIpc) is 3.38. The minimum atomic E-state index is 0.744. The highest BCUT2D eigenvalue weighted by atomic mass is 32.1. The van der Waals surface area contributed by atoms with Crippen molar-refractivity contribution in [3.8, 4) is 11.4 Å². The maximum Gasteiger partial charge on any atom is 0.182 e. The smallest absolute Gasteiger partial charge is 0.182 e. The second-order valence-electron chi connectivity index (χ2n) is 7.45. The lowest BCUT2D eigenvalue weighted by molar-refractivity contribution is 0.700. The van der Waals surface area contributed by atoms with E-state index in [1.807, 2.05) is 15.9 Å². The Bertz CT molecular complexity index is 1370. The number of aryl methyl sites for hydroxylation is 4. The maximum atomic E-state index is 4.95. The van der Waals surface area contributed by atoms with Crippen LogP contribution in [0, 0.1) is 6.92 Å². The molecule has 1 aliphatic carbocycles. The molecule has 0 saturated heterocycles. The summed E-state index contributed by atoms with van der Waals surface area (Å²) in [6, 6.07) is 6.29. The molecule has 0 N–H and O–H groups in total. The fraction of sp³-hybridized carbons (Fsp3) is 0.333. The van der Waals surface area contributed by atoms with Crippen LogP contribution in [0.3, 0.4) is 0 Å². The first kappa shape index (κ1) is 16.2. The summed E-state index contributed by atoms with van der Waals surface area (Å²) in [4.78, 5) is 16.8. The lowest BCUT2D eigenvalue weighted by Crippen LogP contribution is -1.99. The molecule has 0 amide bonds. The topological polar surface area (TPSA) is 60.9 Å². The quantitative estimate of drug-likeness (QED) is 0.445. The zero-order chi connectivity index (χ0) is 18.8. The van der Waals surface area contributed by atoms with Crippen molar-refractivity contribution in [1.82, 2.24) is 29.1 Å². The van der Waals surface area contributed by atoms with Crippen molar-refractivity contribution in [2.24, 2.45) is 0 Å². The van der Waals surface area contributed by atoms with Crippen LogP contribution in [-0.4, -0.2) is 29.1 Å². The minimum absolute atomic E-state index is 0.744. The van der Waals surface area contributed by atoms with Gasteiger partial charge >= 0.3 is 0 Å². The third-order valence-corrected chi connectivity index (χ3v) is 7.01. The molecule has 1 aromatic carbocycles. The van der Waals surface area contributed by atoms with Crippen molar-refractivity contribution in [3.63, 3.8) is 0 Å². The van der Waals surface area contributed by atoms with Gasteiger partial charge in [0, 0.05) is 17.0 Å². The monoisotopic (exact) mass is 388 g/mol. The number of benzene rings is 1. The van der Waals surface area contributed by atoms with Gasteiger partial charge in [-0.1, -0.05) is 0 Å². The molecule has 0 atom stereocenters. The molecule has 4 aromatic heterocycles. The van der Waals surface area contributed by atoms with Crippen molar-refractivity contribution in [1.29, 1.82) is 0 Å². The molecule has 5 aromatic rings. The van der Waals surface area contributed by atoms with E-state index in [0.29, 0.717) is 0 Å². The second kappa shape index (κ2) is 5.85. The van der Waals surface area contributed by atoms with Gasteiger partial charge < -0.3 is 4.57 Å². The first-order valence-corrected chi connectivity index (χ1v) is 10.7. The third-order valence-electron chi connectivity index (χ3n) is 5.81. The fourth-order valence-corrected chi connectivity index (χ4v) is 5.68. The van der Waals surface area contributed by atoms with Crippen LogP contribution in [-0.2, 0) is 19.4 Å². The van der Waals surface area contributed by atoms with E-state index in [9.17, 15) is 0 Å². The molecule has 0 radical (unpaired) electrons. The minimum Gasteiger partial charge on any atom is -0.328 e. The van der Waals surface area contributed by atoms with Crippen LogP contribution in [0.1, 0.15) is 36.0 Å². The average molecular weight is 389 g/mol. The van der Waals surface area contributed by atoms with Crippen LogP contribution < -0.4 is 0 Å². The zero-order valence-corrected chi connectivity index (χ0v) is 16.8. The van der Waals surface area contributed by atoms with E-state index in [2.05, 4.69) is 46.6 Å². The molecule has 4 heterocycles. The van der Waals surface area contributed by atoms with Gasteiger partial charge in [0.25, 0.3) is 0 Å². The molecule has 0 saturated carbocycles. The molecular formula is C21H20N6S. The normalized spacial score (nSPS) is 14.4. The number of thiophene rings is 1. The molecule has 0 bridgehead atoms. The molecule has 1 aliphatic rings. The molecule has 6 nitrogen and oxygen atoms in total. The van der Waals surface area contributed by atoms with Gasteiger partial charge in [0.05, 0.1) is 16.4 Å². The first-order chi connectivity index (χ1) is 13.7. The van der Waals surface area contributed by atoms with Gasteiger partial charge in [0.1, 0.15) is 17.0 Å². The predicted molar refractivity (Wildman–Crippen MR) is 112 cm³/mol. The van der Waals surface area contributed by atoms with Gasteiger partial charge in [-0.3, -0.25) is 0 Å². The fourth-order valence-electron chi connectivity index (χ4n) is 4.46. The van der Waals surface area contributed by atoms with E-state index in [1.165, 1.54) is 35.1 Å². The summed E-state index contributed by atoms with van der Waals surface area (Å²) in [6.45, 7) is 5.09. The summed E-state index contributed by atoms with van der Waals surface area (Å²) in [6.07, 6.45) is 6.62. The number of fused-ring (bicyclic) bond motifs is 6. The van der Waals surface area contributed by atoms with Gasteiger partial charge in [-0.15, -0.1) is 16.4 Å². The number of hydrogen-bond acceptors (Lipinski definition) is 5. The SMILES string of the molecule is CCn1c(C)nc2ccc(-c3nc4c5c6c(sc5ncn4n3)CCCC6)cc21. The van der Waals surface area contributed by atoms with E-state index in [1.54, 1.807) is 6.33 Å². The van der Waals surface area contributed by atoms with Gasteiger partial charge in [-0.25, -0.2) is 19.5 Å². The van der Waals surface area contributed by atoms with E-state index in [0.717, 1.165) is 51.7 Å². The number of aromatic nitrogens is 6. The molecule has 0 unspecified atom stereocenters. The molecule has 140 valence electrons. The van der Waals surface area contributed by atoms with Crippen molar-refractivity contribution in [2.45, 2.75) is 46.1 Å². The van der Waals surface area contributed by atoms with Crippen LogP contribution in [0.2, 0.25) is 0 Å². The first-order valence-electron chi connectivity index (χ1n) is 9.86. The Morgan fingerprint density at radius 2 is 2.04 bits per heavy atom. The van der Waals surface area contributed by atoms with E-state index < -0.39 is 0 Å². The molecule has 6 rings (SSSR count). The van der Waals surface area contributed by atoms with Crippen molar-refractivity contribution in [2.75, 3.05) is 0 Å². The largest absolute Gasteiger partial charge is 0.328 e. The summed E-state index contributed by atoms with van der Waals surface area (Å²) in [5.74, 6) is 1.78. The highest BCUT2D eigenvalue weighted by Gasteiger charge is 2.21. The second-order valence-corrected chi connectivity index (χ2v) is 8.53. The van der Waals surface area contributed by atoms with Gasteiger partial charge in [0.2, 0.25) is 0 Å². The van der Waals surface area contributed by atoms with Crippen molar-refractivity contribution < 1.29 is 0 Å². The molecule has 0 spiro atoms. The maximum absolute atomic E-state index is 4.95. The number of rotatable bonds is 2. The number of hydrogen-bond donors (Lipinski definition) is 0. The van der Waals surface area contributed by atoms with Gasteiger partial charge in [0.15, 0.2) is 11.5 Å². The third kappa shape index (κ3) is 2.19. The van der Waals surface area contributed by atoms with Gasteiger partial charge in [-0.05, 0) is 63.3 Å². The van der Waals surface area contributed by atoms with E-state index in [-0.39, 0.29) is 0 Å². The molecular weight excluding hydrogens is 368 g/mol. The highest BCUT2D eigenvalue weighted by molar-refractivity contribution is 7.19. The Balaban J connectivity index is 1.58. The Morgan fingerprint density at radius 3 is 2.93 bits per heavy atom. The molecule has 28 heavy (non-hydrogen) atoms. The molecule has 7 heteroatoms. The number of imidazole rings is 1. The van der Waals surface area contributed by atoms with Crippen LogP contribution in [0.25, 0.3) is 38.3 Å². The zero-order valence-electron chi connectivity index (χ0n) is 15.9. The van der Waals surface area contributed by atoms with E-state index >= 15 is 0 Å². The van der Waals surface area contributed by atoms with Crippen LogP contribution in [0.15, 0.2) is 24.5 Å². The van der Waals surface area contributed by atoms with Crippen LogP contribution in [0.4, 0.5) is 0 Å². The Kier molecular flexibility index (Phi) is 3.38. The standard InChI is InChI=1S/C21H20N6S/c1-3-26-12(2)23-15-9-8-13(10-16(15)26)19-24-20-18-14-6-4-5-7-17(14)28-21(18)22-11-27(20)25-19/h8-11H,3-7H2,1-2H3. The Hall–Kier alpha value is -2.80. The van der Waals surface area contributed by atoms with Gasteiger partial charge in [-0.2, -0.15) is 0 Å². The van der Waals surface area contributed by atoms with Crippen LogP contribution in [0.5, 0.6) is 0 Å².